The minimum absolute atomic E-state index is 0.741. The van der Waals surface area contributed by atoms with Gasteiger partial charge in [0.05, 0.1) is 13.2 Å². The number of rotatable bonds is 7. The second-order valence-electron chi connectivity index (χ2n) is 7.08. The van der Waals surface area contributed by atoms with Crippen LogP contribution in [-0.2, 0) is 24.2 Å². The number of morpholine rings is 1. The molecular formula is C23H26N4O. The highest BCUT2D eigenvalue weighted by Crippen LogP contribution is 2.13. The van der Waals surface area contributed by atoms with E-state index in [1.807, 2.05) is 30.5 Å². The number of aromatic nitrogens is 2. The zero-order chi connectivity index (χ0) is 19.0. The highest BCUT2D eigenvalue weighted by atomic mass is 16.5. The van der Waals surface area contributed by atoms with Crippen molar-refractivity contribution in [3.05, 3.63) is 89.4 Å². The van der Waals surface area contributed by atoms with E-state index in [1.54, 1.807) is 0 Å². The van der Waals surface area contributed by atoms with Gasteiger partial charge in [-0.3, -0.25) is 4.90 Å². The van der Waals surface area contributed by atoms with Crippen LogP contribution in [0.4, 0.5) is 5.82 Å². The Labute approximate surface area is 166 Å². The summed E-state index contributed by atoms with van der Waals surface area (Å²) < 4.78 is 5.43. The first-order chi connectivity index (χ1) is 13.8. The smallest absolute Gasteiger partial charge is 0.135 e. The SMILES string of the molecule is c1ccc(Cc2nccc(NCc3cccc(CN4CCOCC4)c3)n2)cc1. The highest BCUT2D eigenvalue weighted by molar-refractivity contribution is 5.36. The molecule has 1 N–H and O–H groups in total. The Morgan fingerprint density at radius 3 is 2.54 bits per heavy atom. The van der Waals surface area contributed by atoms with Crippen molar-refractivity contribution in [3.63, 3.8) is 0 Å². The molecule has 0 aliphatic carbocycles. The Kier molecular flexibility index (Phi) is 6.27. The van der Waals surface area contributed by atoms with Gasteiger partial charge >= 0.3 is 0 Å². The van der Waals surface area contributed by atoms with Gasteiger partial charge in [0.2, 0.25) is 0 Å². The average molecular weight is 374 g/mol. The molecular weight excluding hydrogens is 348 g/mol. The van der Waals surface area contributed by atoms with Crippen LogP contribution in [-0.4, -0.2) is 41.2 Å². The third-order valence-corrected chi connectivity index (χ3v) is 4.89. The summed E-state index contributed by atoms with van der Waals surface area (Å²) in [5.41, 5.74) is 3.82. The van der Waals surface area contributed by atoms with E-state index in [0.29, 0.717) is 0 Å². The Hall–Kier alpha value is -2.76. The topological polar surface area (TPSA) is 50.3 Å². The van der Waals surface area contributed by atoms with E-state index in [4.69, 9.17) is 4.74 Å². The summed E-state index contributed by atoms with van der Waals surface area (Å²) in [5.74, 6) is 1.69. The second kappa shape index (κ2) is 9.44. The molecule has 1 saturated heterocycles. The lowest BCUT2D eigenvalue weighted by Gasteiger charge is -2.26. The minimum Gasteiger partial charge on any atom is -0.379 e. The van der Waals surface area contributed by atoms with E-state index in [0.717, 1.165) is 57.5 Å². The van der Waals surface area contributed by atoms with Crippen LogP contribution in [0.25, 0.3) is 0 Å². The summed E-state index contributed by atoms with van der Waals surface area (Å²) in [7, 11) is 0. The average Bonchev–Trinajstić information content (AvgIpc) is 2.74. The number of hydrogen-bond acceptors (Lipinski definition) is 5. The molecule has 1 fully saturated rings. The molecule has 5 heteroatoms. The van der Waals surface area contributed by atoms with Gasteiger partial charge in [0.1, 0.15) is 11.6 Å². The van der Waals surface area contributed by atoms with Crippen molar-refractivity contribution in [2.24, 2.45) is 0 Å². The molecule has 1 aliphatic rings. The normalized spacial score (nSPS) is 14.7. The van der Waals surface area contributed by atoms with Gasteiger partial charge in [0.25, 0.3) is 0 Å². The van der Waals surface area contributed by atoms with Gasteiger partial charge in [-0.05, 0) is 22.8 Å². The van der Waals surface area contributed by atoms with E-state index in [-0.39, 0.29) is 0 Å². The van der Waals surface area contributed by atoms with Gasteiger partial charge in [0.15, 0.2) is 0 Å². The molecule has 0 bridgehead atoms. The van der Waals surface area contributed by atoms with Crippen LogP contribution in [0, 0.1) is 0 Å². The molecule has 1 aromatic heterocycles. The fourth-order valence-corrected chi connectivity index (χ4v) is 3.41. The molecule has 0 saturated carbocycles. The molecule has 4 rings (SSSR count). The maximum atomic E-state index is 5.43. The van der Waals surface area contributed by atoms with Gasteiger partial charge in [0, 0.05) is 38.8 Å². The van der Waals surface area contributed by atoms with E-state index < -0.39 is 0 Å². The third kappa shape index (κ3) is 5.38. The Bertz CT molecular complexity index is 879. The number of nitrogens with zero attached hydrogens (tertiary/aromatic N) is 3. The first-order valence-corrected chi connectivity index (χ1v) is 9.83. The lowest BCUT2D eigenvalue weighted by Crippen LogP contribution is -2.35. The van der Waals surface area contributed by atoms with E-state index >= 15 is 0 Å². The molecule has 0 amide bonds. The minimum atomic E-state index is 0.741. The summed E-state index contributed by atoms with van der Waals surface area (Å²) in [6.07, 6.45) is 2.56. The molecule has 1 aliphatic heterocycles. The zero-order valence-electron chi connectivity index (χ0n) is 16.1. The van der Waals surface area contributed by atoms with Crippen LogP contribution in [0.5, 0.6) is 0 Å². The standard InChI is InChI=1S/C23H26N4O/c1-2-5-19(6-3-1)16-23-24-10-9-22(26-23)25-17-20-7-4-8-21(15-20)18-27-11-13-28-14-12-27/h1-10,15H,11-14,16-18H2,(H,24,25,26). The van der Waals surface area contributed by atoms with Crippen molar-refractivity contribution in [1.29, 1.82) is 0 Å². The maximum Gasteiger partial charge on any atom is 0.135 e. The monoisotopic (exact) mass is 374 g/mol. The lowest BCUT2D eigenvalue weighted by molar-refractivity contribution is 0.0342. The molecule has 144 valence electrons. The summed E-state index contributed by atoms with van der Waals surface area (Å²) in [6.45, 7) is 5.41. The van der Waals surface area contributed by atoms with Gasteiger partial charge < -0.3 is 10.1 Å². The molecule has 0 spiro atoms. The van der Waals surface area contributed by atoms with Crippen LogP contribution < -0.4 is 5.32 Å². The number of benzene rings is 2. The van der Waals surface area contributed by atoms with E-state index in [2.05, 4.69) is 56.6 Å². The van der Waals surface area contributed by atoms with Crippen molar-refractivity contribution in [3.8, 4) is 0 Å². The summed E-state index contributed by atoms with van der Waals surface area (Å²) in [6, 6.07) is 21.0. The lowest BCUT2D eigenvalue weighted by atomic mass is 10.1. The molecule has 28 heavy (non-hydrogen) atoms. The van der Waals surface area contributed by atoms with Crippen LogP contribution in [0.3, 0.4) is 0 Å². The quantitative estimate of drug-likeness (QED) is 0.686. The number of nitrogens with one attached hydrogen (secondary N) is 1. The molecule has 2 heterocycles. The second-order valence-corrected chi connectivity index (χ2v) is 7.08. The summed E-state index contributed by atoms with van der Waals surface area (Å²) in [4.78, 5) is 11.5. The van der Waals surface area contributed by atoms with Crippen LogP contribution in [0.1, 0.15) is 22.5 Å². The fraction of sp³-hybridized carbons (Fsp3) is 0.304. The highest BCUT2D eigenvalue weighted by Gasteiger charge is 2.10. The maximum absolute atomic E-state index is 5.43. The largest absolute Gasteiger partial charge is 0.379 e. The van der Waals surface area contributed by atoms with Gasteiger partial charge in [-0.25, -0.2) is 9.97 Å². The van der Waals surface area contributed by atoms with Crippen LogP contribution in [0.2, 0.25) is 0 Å². The first kappa shape index (κ1) is 18.6. The van der Waals surface area contributed by atoms with Crippen molar-refractivity contribution >= 4 is 5.82 Å². The summed E-state index contributed by atoms with van der Waals surface area (Å²) >= 11 is 0. The third-order valence-electron chi connectivity index (χ3n) is 4.89. The van der Waals surface area contributed by atoms with Crippen molar-refractivity contribution in [2.45, 2.75) is 19.5 Å². The first-order valence-electron chi connectivity index (χ1n) is 9.83. The molecule has 0 unspecified atom stereocenters. The van der Waals surface area contributed by atoms with Crippen LogP contribution >= 0.6 is 0 Å². The van der Waals surface area contributed by atoms with Crippen molar-refractivity contribution in [2.75, 3.05) is 31.6 Å². The van der Waals surface area contributed by atoms with Crippen molar-refractivity contribution < 1.29 is 4.74 Å². The zero-order valence-corrected chi connectivity index (χ0v) is 16.1. The van der Waals surface area contributed by atoms with E-state index in [1.165, 1.54) is 16.7 Å². The Morgan fingerprint density at radius 1 is 0.893 bits per heavy atom. The predicted octanol–water partition coefficient (Wildman–Crippen LogP) is 3.51. The molecule has 0 radical (unpaired) electrons. The van der Waals surface area contributed by atoms with Gasteiger partial charge in [-0.2, -0.15) is 0 Å². The fourth-order valence-electron chi connectivity index (χ4n) is 3.41. The van der Waals surface area contributed by atoms with Gasteiger partial charge in [-0.15, -0.1) is 0 Å². The number of anilines is 1. The molecule has 3 aromatic rings. The number of hydrogen-bond donors (Lipinski definition) is 1. The van der Waals surface area contributed by atoms with Gasteiger partial charge in [-0.1, -0.05) is 54.6 Å². The predicted molar refractivity (Wildman–Crippen MR) is 111 cm³/mol. The van der Waals surface area contributed by atoms with Crippen LogP contribution in [0.15, 0.2) is 66.9 Å². The van der Waals surface area contributed by atoms with E-state index in [9.17, 15) is 0 Å². The Balaban J connectivity index is 1.35. The number of ether oxygens (including phenoxy) is 1. The molecule has 2 aromatic carbocycles. The Morgan fingerprint density at radius 2 is 1.68 bits per heavy atom. The van der Waals surface area contributed by atoms with Crippen molar-refractivity contribution in [1.82, 2.24) is 14.9 Å². The summed E-state index contributed by atoms with van der Waals surface area (Å²) in [5, 5.41) is 3.43. The molecule has 0 atom stereocenters. The molecule has 5 nitrogen and oxygen atoms in total.